The van der Waals surface area contributed by atoms with E-state index in [-0.39, 0.29) is 23.6 Å². The lowest BCUT2D eigenvalue weighted by atomic mass is 10.0. The molecule has 0 aromatic rings. The van der Waals surface area contributed by atoms with Crippen LogP contribution in [0, 0.1) is 5.92 Å². The number of hydrogen-bond acceptors (Lipinski definition) is 4. The fourth-order valence-electron chi connectivity index (χ4n) is 3.18. The second-order valence-corrected chi connectivity index (χ2v) is 8.68. The summed E-state index contributed by atoms with van der Waals surface area (Å²) in [7, 11) is -1.26. The van der Waals surface area contributed by atoms with Crippen molar-refractivity contribution < 1.29 is 13.2 Å². The average molecular weight is 317 g/mol. The number of nitrogens with one attached hydrogen (secondary N) is 1. The highest BCUT2D eigenvalue weighted by atomic mass is 32.2. The molecule has 2 aliphatic rings. The molecule has 0 spiro atoms. The molecule has 2 aliphatic heterocycles. The Bertz CT molecular complexity index is 466. The largest absolute Gasteiger partial charge is 0.337 e. The number of piperidine rings is 1. The van der Waals surface area contributed by atoms with Crippen molar-refractivity contribution in [1.29, 1.82) is 0 Å². The van der Waals surface area contributed by atoms with Crippen LogP contribution in [0.25, 0.3) is 0 Å². The number of rotatable bonds is 4. The third-order valence-electron chi connectivity index (χ3n) is 4.52. The first kappa shape index (κ1) is 16.5. The maximum absolute atomic E-state index is 12.0. The Kier molecular flexibility index (Phi) is 5.48. The smallest absolute Gasteiger partial charge is 0.317 e. The number of urea groups is 1. The first-order valence-corrected chi connectivity index (χ1v) is 9.63. The molecule has 2 rings (SSSR count). The van der Waals surface area contributed by atoms with E-state index in [2.05, 4.69) is 17.1 Å². The second kappa shape index (κ2) is 6.96. The Labute approximate surface area is 127 Å². The van der Waals surface area contributed by atoms with Gasteiger partial charge in [0.25, 0.3) is 0 Å². The molecule has 2 fully saturated rings. The molecule has 0 bridgehead atoms. The van der Waals surface area contributed by atoms with Gasteiger partial charge in [-0.2, -0.15) is 0 Å². The van der Waals surface area contributed by atoms with Crippen LogP contribution in [0.3, 0.4) is 0 Å². The lowest BCUT2D eigenvalue weighted by molar-refractivity contribution is 0.175. The topological polar surface area (TPSA) is 69.7 Å². The van der Waals surface area contributed by atoms with Gasteiger partial charge in [0, 0.05) is 32.7 Å². The van der Waals surface area contributed by atoms with Gasteiger partial charge in [0.1, 0.15) is 0 Å². The fourth-order valence-corrected chi connectivity index (χ4v) is 4.96. The molecule has 122 valence electrons. The van der Waals surface area contributed by atoms with Crippen molar-refractivity contribution in [3.8, 4) is 0 Å². The molecule has 2 amide bonds. The van der Waals surface area contributed by atoms with Crippen molar-refractivity contribution in [1.82, 2.24) is 15.1 Å². The highest BCUT2D eigenvalue weighted by molar-refractivity contribution is 7.91. The number of sulfone groups is 1. The van der Waals surface area contributed by atoms with Gasteiger partial charge in [0.05, 0.1) is 11.5 Å². The third-order valence-corrected chi connectivity index (χ3v) is 6.27. The molecule has 0 aromatic heterocycles. The summed E-state index contributed by atoms with van der Waals surface area (Å²) in [6.45, 7) is 5.96. The van der Waals surface area contributed by atoms with Crippen molar-refractivity contribution in [2.24, 2.45) is 5.92 Å². The Morgan fingerprint density at radius 3 is 2.76 bits per heavy atom. The molecule has 2 saturated heterocycles. The number of nitrogens with zero attached hydrogens (tertiary/aromatic N) is 2. The predicted octanol–water partition coefficient (Wildman–Crippen LogP) is 0.547. The van der Waals surface area contributed by atoms with Crippen LogP contribution < -0.4 is 5.32 Å². The normalized spacial score (nSPS) is 29.2. The fraction of sp³-hybridized carbons (Fsp3) is 0.929. The van der Waals surface area contributed by atoms with Crippen LogP contribution in [0.15, 0.2) is 0 Å². The number of hydrogen-bond donors (Lipinski definition) is 1. The van der Waals surface area contributed by atoms with E-state index < -0.39 is 9.84 Å². The molecule has 0 aliphatic carbocycles. The van der Waals surface area contributed by atoms with E-state index in [1.54, 1.807) is 11.9 Å². The zero-order chi connectivity index (χ0) is 15.5. The summed E-state index contributed by atoms with van der Waals surface area (Å²) in [6, 6.07) is -0.341. The van der Waals surface area contributed by atoms with E-state index >= 15 is 0 Å². The van der Waals surface area contributed by atoms with Crippen LogP contribution in [0.5, 0.6) is 0 Å². The molecule has 0 aromatic carbocycles. The van der Waals surface area contributed by atoms with Crippen molar-refractivity contribution >= 4 is 15.9 Å². The summed E-state index contributed by atoms with van der Waals surface area (Å²) in [5.41, 5.74) is 0. The predicted molar refractivity (Wildman–Crippen MR) is 83.1 cm³/mol. The van der Waals surface area contributed by atoms with E-state index in [0.717, 1.165) is 25.6 Å². The zero-order valence-corrected chi connectivity index (χ0v) is 13.9. The Balaban J connectivity index is 1.69. The van der Waals surface area contributed by atoms with Crippen LogP contribution in [0.4, 0.5) is 4.79 Å². The highest BCUT2D eigenvalue weighted by Gasteiger charge is 2.32. The molecule has 2 heterocycles. The molecule has 6 nitrogen and oxygen atoms in total. The molecule has 0 saturated carbocycles. The number of likely N-dealkylation sites (tertiary alicyclic amines) is 1. The molecule has 2 unspecified atom stereocenters. The van der Waals surface area contributed by atoms with E-state index in [4.69, 9.17) is 0 Å². The molecular weight excluding hydrogens is 290 g/mol. The van der Waals surface area contributed by atoms with Crippen molar-refractivity contribution in [2.75, 3.05) is 44.7 Å². The van der Waals surface area contributed by atoms with Crippen LogP contribution in [-0.2, 0) is 9.84 Å². The van der Waals surface area contributed by atoms with Crippen LogP contribution in [-0.4, -0.2) is 75.0 Å². The van der Waals surface area contributed by atoms with E-state index in [9.17, 15) is 13.2 Å². The molecular formula is C14H27N3O3S. The van der Waals surface area contributed by atoms with Gasteiger partial charge >= 0.3 is 6.03 Å². The van der Waals surface area contributed by atoms with Gasteiger partial charge in [-0.25, -0.2) is 13.2 Å². The number of amides is 2. The molecule has 21 heavy (non-hydrogen) atoms. The highest BCUT2D eigenvalue weighted by Crippen LogP contribution is 2.16. The summed E-state index contributed by atoms with van der Waals surface area (Å²) < 4.78 is 22.9. The average Bonchev–Trinajstić information content (AvgIpc) is 2.78. The maximum atomic E-state index is 12.0. The van der Waals surface area contributed by atoms with E-state index in [1.165, 1.54) is 12.8 Å². The Morgan fingerprint density at radius 1 is 1.38 bits per heavy atom. The van der Waals surface area contributed by atoms with Crippen LogP contribution in [0.1, 0.15) is 26.2 Å². The first-order valence-electron chi connectivity index (χ1n) is 7.81. The van der Waals surface area contributed by atoms with Gasteiger partial charge in [-0.3, -0.25) is 0 Å². The molecule has 0 radical (unpaired) electrons. The standard InChI is InChI=1S/C14H27N3O3S/c1-12-4-3-7-17(10-12)8-6-15-14(18)16(2)13-5-9-21(19,20)11-13/h12-13H,3-11H2,1-2H3,(H,15,18). The summed E-state index contributed by atoms with van der Waals surface area (Å²) in [4.78, 5) is 16.0. The lowest BCUT2D eigenvalue weighted by Crippen LogP contribution is -2.47. The molecule has 2 atom stereocenters. The summed E-state index contributed by atoms with van der Waals surface area (Å²) in [5.74, 6) is 1.03. The van der Waals surface area contributed by atoms with Gasteiger partial charge in [-0.1, -0.05) is 6.92 Å². The SMILES string of the molecule is CC1CCCN(CCNC(=O)N(C)C2CCS(=O)(=O)C2)C1. The van der Waals surface area contributed by atoms with Gasteiger partial charge in [0.15, 0.2) is 9.84 Å². The third kappa shape index (κ3) is 4.85. The zero-order valence-electron chi connectivity index (χ0n) is 13.0. The van der Waals surface area contributed by atoms with Crippen molar-refractivity contribution in [3.05, 3.63) is 0 Å². The molecule has 7 heteroatoms. The minimum Gasteiger partial charge on any atom is -0.337 e. The van der Waals surface area contributed by atoms with E-state index in [1.807, 2.05) is 0 Å². The van der Waals surface area contributed by atoms with Crippen LogP contribution in [0.2, 0.25) is 0 Å². The van der Waals surface area contributed by atoms with Gasteiger partial charge in [0.2, 0.25) is 0 Å². The number of carbonyl (C=O) groups excluding carboxylic acids is 1. The summed E-state index contributed by atoms with van der Waals surface area (Å²) in [5, 5.41) is 2.90. The second-order valence-electron chi connectivity index (χ2n) is 6.45. The maximum Gasteiger partial charge on any atom is 0.317 e. The summed E-state index contributed by atoms with van der Waals surface area (Å²) in [6.07, 6.45) is 3.08. The van der Waals surface area contributed by atoms with Gasteiger partial charge < -0.3 is 15.1 Å². The van der Waals surface area contributed by atoms with E-state index in [0.29, 0.717) is 13.0 Å². The van der Waals surface area contributed by atoms with Gasteiger partial charge in [-0.15, -0.1) is 0 Å². The minimum atomic E-state index is -2.95. The Hall–Kier alpha value is -0.820. The van der Waals surface area contributed by atoms with Gasteiger partial charge in [-0.05, 0) is 31.7 Å². The molecule has 1 N–H and O–H groups in total. The summed E-state index contributed by atoms with van der Waals surface area (Å²) >= 11 is 0. The first-order chi connectivity index (χ1) is 9.87. The van der Waals surface area contributed by atoms with Crippen molar-refractivity contribution in [2.45, 2.75) is 32.2 Å². The quantitative estimate of drug-likeness (QED) is 0.822. The monoisotopic (exact) mass is 317 g/mol. The Morgan fingerprint density at radius 2 is 2.14 bits per heavy atom. The van der Waals surface area contributed by atoms with Crippen LogP contribution >= 0.6 is 0 Å². The lowest BCUT2D eigenvalue weighted by Gasteiger charge is -2.31. The van der Waals surface area contributed by atoms with Crippen molar-refractivity contribution in [3.63, 3.8) is 0 Å². The minimum absolute atomic E-state index is 0.0978. The number of carbonyl (C=O) groups is 1.